The van der Waals surface area contributed by atoms with E-state index in [1.165, 1.54) is 0 Å². The first-order valence-corrected chi connectivity index (χ1v) is 6.49. The molecule has 0 aromatic heterocycles. The molecule has 92 valence electrons. The molecule has 1 aromatic carbocycles. The second-order valence-corrected chi connectivity index (χ2v) is 5.81. The summed E-state index contributed by atoms with van der Waals surface area (Å²) in [7, 11) is -3.53. The molecule has 0 amide bonds. The van der Waals surface area contributed by atoms with Gasteiger partial charge in [-0.3, -0.25) is 4.72 Å². The van der Waals surface area contributed by atoms with E-state index < -0.39 is 27.1 Å². The number of halogens is 1. The molecule has 0 aliphatic heterocycles. The molecule has 1 aliphatic rings. The molecular weight excluding hydrogens is 249 g/mol. The zero-order chi connectivity index (χ0) is 12.6. The summed E-state index contributed by atoms with van der Waals surface area (Å²) in [6, 6.07) is 3.04. The molecule has 1 aliphatic carbocycles. The standard InChI is InChI=1S/C10H10FNO4S/c11-8-5-6(10(13)14)1-4-9(8)12-17(15,16)7-2-3-7/h1,4-5,7,12H,2-3H2,(H,13,14). The second-order valence-electron chi connectivity index (χ2n) is 3.85. The van der Waals surface area contributed by atoms with E-state index in [0.717, 1.165) is 18.2 Å². The van der Waals surface area contributed by atoms with Crippen LogP contribution in [0.3, 0.4) is 0 Å². The van der Waals surface area contributed by atoms with Crippen molar-refractivity contribution in [3.63, 3.8) is 0 Å². The highest BCUT2D eigenvalue weighted by Crippen LogP contribution is 2.30. The van der Waals surface area contributed by atoms with Gasteiger partial charge < -0.3 is 5.11 Å². The lowest BCUT2D eigenvalue weighted by Crippen LogP contribution is -2.18. The molecule has 1 aromatic rings. The van der Waals surface area contributed by atoms with E-state index in [4.69, 9.17) is 5.11 Å². The Kier molecular flexibility index (Phi) is 2.78. The number of nitrogens with one attached hydrogen (secondary N) is 1. The molecule has 0 atom stereocenters. The van der Waals surface area contributed by atoms with Crippen LogP contribution in [0.4, 0.5) is 10.1 Å². The van der Waals surface area contributed by atoms with Gasteiger partial charge in [0.25, 0.3) is 0 Å². The summed E-state index contributed by atoms with van der Waals surface area (Å²) >= 11 is 0. The summed E-state index contributed by atoms with van der Waals surface area (Å²) < 4.78 is 38.6. The number of carboxylic acid groups (broad SMARTS) is 1. The van der Waals surface area contributed by atoms with Crippen LogP contribution in [-0.2, 0) is 10.0 Å². The Morgan fingerprint density at radius 2 is 2.06 bits per heavy atom. The summed E-state index contributed by atoms with van der Waals surface area (Å²) in [6.07, 6.45) is 1.15. The van der Waals surface area contributed by atoms with Crippen LogP contribution in [-0.4, -0.2) is 24.7 Å². The van der Waals surface area contributed by atoms with Gasteiger partial charge in [0.05, 0.1) is 16.5 Å². The van der Waals surface area contributed by atoms with Crippen LogP contribution in [0.15, 0.2) is 18.2 Å². The van der Waals surface area contributed by atoms with Gasteiger partial charge in [0.2, 0.25) is 10.0 Å². The van der Waals surface area contributed by atoms with Gasteiger partial charge in [0, 0.05) is 0 Å². The van der Waals surface area contributed by atoms with Crippen molar-refractivity contribution >= 4 is 21.7 Å². The van der Waals surface area contributed by atoms with Crippen molar-refractivity contribution in [2.24, 2.45) is 0 Å². The minimum Gasteiger partial charge on any atom is -0.478 e. The van der Waals surface area contributed by atoms with Gasteiger partial charge in [-0.05, 0) is 31.0 Å². The number of sulfonamides is 1. The summed E-state index contributed by atoms with van der Waals surface area (Å²) in [4.78, 5) is 10.6. The van der Waals surface area contributed by atoms with E-state index in [1.54, 1.807) is 0 Å². The highest BCUT2D eigenvalue weighted by Gasteiger charge is 2.36. The molecule has 2 rings (SSSR count). The van der Waals surface area contributed by atoms with Gasteiger partial charge >= 0.3 is 5.97 Å². The fourth-order valence-corrected chi connectivity index (χ4v) is 2.74. The van der Waals surface area contributed by atoms with Crippen molar-refractivity contribution in [2.45, 2.75) is 18.1 Å². The van der Waals surface area contributed by atoms with Crippen LogP contribution >= 0.6 is 0 Å². The van der Waals surface area contributed by atoms with Crippen molar-refractivity contribution in [1.29, 1.82) is 0 Å². The van der Waals surface area contributed by atoms with Crippen LogP contribution in [0, 0.1) is 5.82 Å². The molecule has 0 radical (unpaired) electrons. The predicted octanol–water partition coefficient (Wildman–Crippen LogP) is 1.43. The Hall–Kier alpha value is -1.63. The molecule has 5 nitrogen and oxygen atoms in total. The molecular formula is C10H10FNO4S. The molecule has 2 N–H and O–H groups in total. The Bertz CT molecular complexity index is 566. The van der Waals surface area contributed by atoms with Crippen LogP contribution in [0.2, 0.25) is 0 Å². The zero-order valence-electron chi connectivity index (χ0n) is 8.68. The molecule has 7 heteroatoms. The summed E-state index contributed by atoms with van der Waals surface area (Å²) in [5, 5.41) is 8.17. The maximum absolute atomic E-state index is 13.4. The molecule has 0 heterocycles. The maximum atomic E-state index is 13.4. The summed E-state index contributed by atoms with van der Waals surface area (Å²) in [5.74, 6) is -2.16. The average molecular weight is 259 g/mol. The molecule has 0 saturated heterocycles. The van der Waals surface area contributed by atoms with Gasteiger partial charge in [-0.15, -0.1) is 0 Å². The third kappa shape index (κ3) is 2.55. The predicted molar refractivity (Wildman–Crippen MR) is 58.9 cm³/mol. The van der Waals surface area contributed by atoms with Gasteiger partial charge in [0.1, 0.15) is 5.82 Å². The van der Waals surface area contributed by atoms with Gasteiger partial charge in [0.15, 0.2) is 0 Å². The number of hydrogen-bond donors (Lipinski definition) is 2. The molecule has 0 bridgehead atoms. The molecule has 0 unspecified atom stereocenters. The highest BCUT2D eigenvalue weighted by molar-refractivity contribution is 7.93. The van der Waals surface area contributed by atoms with Crippen molar-refractivity contribution in [2.75, 3.05) is 4.72 Å². The largest absolute Gasteiger partial charge is 0.478 e. The van der Waals surface area contributed by atoms with E-state index in [9.17, 15) is 17.6 Å². The zero-order valence-corrected chi connectivity index (χ0v) is 9.50. The SMILES string of the molecule is O=C(O)c1ccc(NS(=O)(=O)C2CC2)c(F)c1. The van der Waals surface area contributed by atoms with E-state index in [0.29, 0.717) is 12.8 Å². The highest BCUT2D eigenvalue weighted by atomic mass is 32.2. The lowest BCUT2D eigenvalue weighted by Gasteiger charge is -2.08. The normalized spacial score (nSPS) is 15.6. The topological polar surface area (TPSA) is 83.5 Å². The smallest absolute Gasteiger partial charge is 0.335 e. The van der Waals surface area contributed by atoms with Crippen LogP contribution in [0.5, 0.6) is 0 Å². The Labute approximate surface area is 97.3 Å². The van der Waals surface area contributed by atoms with Crippen LogP contribution in [0.25, 0.3) is 0 Å². The third-order valence-electron chi connectivity index (χ3n) is 2.43. The molecule has 1 saturated carbocycles. The van der Waals surface area contributed by atoms with E-state index >= 15 is 0 Å². The number of rotatable bonds is 4. The van der Waals surface area contributed by atoms with Crippen molar-refractivity contribution < 1.29 is 22.7 Å². The number of carbonyl (C=O) groups is 1. The second kappa shape index (κ2) is 3.99. The summed E-state index contributed by atoms with van der Waals surface area (Å²) in [5.41, 5.74) is -0.446. The Balaban J connectivity index is 2.25. The third-order valence-corrected chi connectivity index (χ3v) is 4.28. The quantitative estimate of drug-likeness (QED) is 0.856. The first kappa shape index (κ1) is 11.8. The van der Waals surface area contributed by atoms with Gasteiger partial charge in [-0.1, -0.05) is 0 Å². The Morgan fingerprint density at radius 1 is 1.41 bits per heavy atom. The van der Waals surface area contributed by atoms with E-state index in [1.807, 2.05) is 0 Å². The molecule has 0 spiro atoms. The van der Waals surface area contributed by atoms with Crippen LogP contribution in [0.1, 0.15) is 23.2 Å². The van der Waals surface area contributed by atoms with Crippen molar-refractivity contribution in [3.05, 3.63) is 29.6 Å². The average Bonchev–Trinajstić information content (AvgIpc) is 3.04. The monoisotopic (exact) mass is 259 g/mol. The fourth-order valence-electron chi connectivity index (χ4n) is 1.35. The number of aromatic carboxylic acids is 1. The number of anilines is 1. The lowest BCUT2D eigenvalue weighted by molar-refractivity contribution is 0.0696. The minimum atomic E-state index is -3.53. The minimum absolute atomic E-state index is 0.220. The summed E-state index contributed by atoms with van der Waals surface area (Å²) in [6.45, 7) is 0. The van der Waals surface area contributed by atoms with E-state index in [-0.39, 0.29) is 11.3 Å². The lowest BCUT2D eigenvalue weighted by atomic mass is 10.2. The van der Waals surface area contributed by atoms with Crippen LogP contribution < -0.4 is 4.72 Å². The maximum Gasteiger partial charge on any atom is 0.335 e. The van der Waals surface area contributed by atoms with Crippen molar-refractivity contribution in [3.8, 4) is 0 Å². The first-order chi connectivity index (χ1) is 7.90. The number of carboxylic acids is 1. The fraction of sp³-hybridized carbons (Fsp3) is 0.300. The first-order valence-electron chi connectivity index (χ1n) is 4.94. The number of hydrogen-bond acceptors (Lipinski definition) is 3. The van der Waals surface area contributed by atoms with E-state index in [2.05, 4.69) is 4.72 Å². The van der Waals surface area contributed by atoms with Crippen molar-refractivity contribution in [1.82, 2.24) is 0 Å². The van der Waals surface area contributed by atoms with Gasteiger partial charge in [-0.25, -0.2) is 17.6 Å². The van der Waals surface area contributed by atoms with Gasteiger partial charge in [-0.2, -0.15) is 0 Å². The molecule has 1 fully saturated rings. The molecule has 17 heavy (non-hydrogen) atoms. The Morgan fingerprint density at radius 3 is 2.53 bits per heavy atom. The number of benzene rings is 1.